The van der Waals surface area contributed by atoms with E-state index in [0.717, 1.165) is 15.9 Å². The molecule has 0 saturated heterocycles. The Labute approximate surface area is 258 Å². The summed E-state index contributed by atoms with van der Waals surface area (Å²) >= 11 is 0. The molecular formula is C32H35FN8O4. The van der Waals surface area contributed by atoms with Crippen LogP contribution < -0.4 is 16.4 Å². The summed E-state index contributed by atoms with van der Waals surface area (Å²) in [4.78, 5) is 44.7. The molecule has 0 radical (unpaired) electrons. The molecule has 45 heavy (non-hydrogen) atoms. The lowest BCUT2D eigenvalue weighted by Crippen LogP contribution is -2.36. The zero-order valence-corrected chi connectivity index (χ0v) is 26.1. The second-order valence-electron chi connectivity index (χ2n) is 11.9. The Morgan fingerprint density at radius 1 is 1.13 bits per heavy atom. The van der Waals surface area contributed by atoms with Crippen molar-refractivity contribution in [3.63, 3.8) is 0 Å². The number of allylic oxidation sites excluding steroid dienone is 2. The zero-order valence-electron chi connectivity index (χ0n) is 26.1. The summed E-state index contributed by atoms with van der Waals surface area (Å²) in [6, 6.07) is 6.42. The number of halogens is 1. The molecule has 13 heteroatoms. The second kappa shape index (κ2) is 11.7. The number of carbonyl (C=O) groups is 1. The van der Waals surface area contributed by atoms with Crippen LogP contribution in [0.15, 0.2) is 69.5 Å². The third kappa shape index (κ3) is 5.74. The minimum atomic E-state index is -0.740. The Morgan fingerprint density at radius 2 is 1.87 bits per heavy atom. The molecule has 0 aliphatic carbocycles. The van der Waals surface area contributed by atoms with Gasteiger partial charge >= 0.3 is 0 Å². The van der Waals surface area contributed by atoms with Gasteiger partial charge in [0.25, 0.3) is 11.1 Å². The van der Waals surface area contributed by atoms with Crippen LogP contribution in [0.1, 0.15) is 37.6 Å². The molecule has 2 N–H and O–H groups in total. The van der Waals surface area contributed by atoms with Crippen molar-refractivity contribution >= 4 is 39.6 Å². The summed E-state index contributed by atoms with van der Waals surface area (Å²) in [5.41, 5.74) is 1.28. The lowest BCUT2D eigenvalue weighted by molar-refractivity contribution is -0.132. The van der Waals surface area contributed by atoms with Gasteiger partial charge in [-0.15, -0.1) is 0 Å². The number of nitrogens with one attached hydrogen (secondary N) is 1. The van der Waals surface area contributed by atoms with E-state index in [1.165, 1.54) is 30.0 Å². The minimum Gasteiger partial charge on any atom is -0.392 e. The van der Waals surface area contributed by atoms with Crippen molar-refractivity contribution in [2.45, 2.75) is 39.3 Å². The van der Waals surface area contributed by atoms with E-state index in [2.05, 4.69) is 27.1 Å². The Kier molecular flexibility index (Phi) is 8.15. The highest BCUT2D eigenvalue weighted by Gasteiger charge is 2.24. The molecule has 12 nitrogen and oxygen atoms in total. The maximum absolute atomic E-state index is 15.4. The van der Waals surface area contributed by atoms with E-state index in [9.17, 15) is 19.5 Å². The number of aliphatic hydroxyl groups excluding tert-OH is 1. The highest BCUT2D eigenvalue weighted by atomic mass is 19.1. The van der Waals surface area contributed by atoms with Gasteiger partial charge in [0.05, 0.1) is 30.4 Å². The number of aryl methyl sites for hydroxylation is 1. The Morgan fingerprint density at radius 3 is 2.51 bits per heavy atom. The van der Waals surface area contributed by atoms with Gasteiger partial charge in [-0.2, -0.15) is 14.9 Å². The second-order valence-corrected chi connectivity index (χ2v) is 11.9. The van der Waals surface area contributed by atoms with E-state index < -0.39 is 18.0 Å². The van der Waals surface area contributed by atoms with Gasteiger partial charge in [-0.3, -0.25) is 24.1 Å². The van der Waals surface area contributed by atoms with Crippen LogP contribution in [0, 0.1) is 5.82 Å². The number of aliphatic hydroxyl groups is 1. The van der Waals surface area contributed by atoms with Crippen LogP contribution in [-0.2, 0) is 30.3 Å². The summed E-state index contributed by atoms with van der Waals surface area (Å²) in [5.74, 6) is -0.387. The highest BCUT2D eigenvalue weighted by Crippen LogP contribution is 2.28. The highest BCUT2D eigenvalue weighted by molar-refractivity contribution is 6.08. The lowest BCUT2D eigenvalue weighted by Gasteiger charge is -2.22. The quantitative estimate of drug-likeness (QED) is 0.193. The number of rotatable bonds is 6. The first-order chi connectivity index (χ1) is 21.3. The smallest absolute Gasteiger partial charge is 0.283 e. The summed E-state index contributed by atoms with van der Waals surface area (Å²) in [6.45, 7) is 9.66. The first-order valence-corrected chi connectivity index (χ1v) is 14.2. The standard InChI is InChI=1S/C32H35FN8O4/c1-8-22(19-10-25(30(44)39(7)14-19)36-26-12-21-15-38(6)27(43)16-40(21)37-26)23(17-42)29(34-5)41-31(45)28-18(13-35-41)9-20(11-24(28)33)32(2,3)4/h8-14,42H,1,15-17H2,2-7H3,(H,36,37)/b23-22+,34-29?. The van der Waals surface area contributed by atoms with Crippen LogP contribution in [0.5, 0.6) is 0 Å². The molecule has 1 aliphatic heterocycles. The number of carbonyl (C=O) groups excluding carboxylic acids is 1. The number of hydrogen-bond acceptors (Lipinski definition) is 8. The van der Waals surface area contributed by atoms with Crippen molar-refractivity contribution in [1.82, 2.24) is 29.0 Å². The third-order valence-electron chi connectivity index (χ3n) is 7.81. The van der Waals surface area contributed by atoms with E-state index in [1.54, 1.807) is 48.1 Å². The van der Waals surface area contributed by atoms with Gasteiger partial charge < -0.3 is 19.9 Å². The Bertz CT molecular complexity index is 2040. The topological polar surface area (TPSA) is 140 Å². The number of fused-ring (bicyclic) bond motifs is 2. The van der Waals surface area contributed by atoms with Crippen molar-refractivity contribution in [2.24, 2.45) is 12.0 Å². The van der Waals surface area contributed by atoms with Gasteiger partial charge in [-0.1, -0.05) is 33.4 Å². The SMILES string of the molecule is C=C/C(=C(/CO)C(=NC)n1ncc2cc(C(C)(C)C)cc(F)c2c1=O)c1cc(Nc2cc3n(n2)CC(=O)N(C)C3)c(=O)n(C)c1. The molecule has 0 bridgehead atoms. The van der Waals surface area contributed by atoms with Crippen molar-refractivity contribution in [3.05, 3.63) is 98.2 Å². The number of nitrogens with zero attached hydrogens (tertiary/aromatic N) is 7. The first kappa shape index (κ1) is 31.3. The molecule has 0 unspecified atom stereocenters. The van der Waals surface area contributed by atoms with E-state index in [0.29, 0.717) is 28.9 Å². The molecule has 0 saturated carbocycles. The zero-order chi connectivity index (χ0) is 32.8. The van der Waals surface area contributed by atoms with E-state index in [1.807, 2.05) is 20.8 Å². The van der Waals surface area contributed by atoms with Gasteiger partial charge in [0.1, 0.15) is 18.0 Å². The van der Waals surface area contributed by atoms with E-state index in [4.69, 9.17) is 0 Å². The average Bonchev–Trinajstić information content (AvgIpc) is 3.36. The third-order valence-corrected chi connectivity index (χ3v) is 7.81. The Balaban J connectivity index is 1.60. The predicted octanol–water partition coefficient (Wildman–Crippen LogP) is 2.95. The molecule has 3 aromatic heterocycles. The van der Waals surface area contributed by atoms with Gasteiger partial charge in [0.15, 0.2) is 11.7 Å². The van der Waals surface area contributed by atoms with Crippen molar-refractivity contribution in [1.29, 1.82) is 0 Å². The fourth-order valence-corrected chi connectivity index (χ4v) is 5.31. The molecule has 0 spiro atoms. The number of anilines is 2. The van der Waals surface area contributed by atoms with Crippen LogP contribution >= 0.6 is 0 Å². The molecular weight excluding hydrogens is 579 g/mol. The molecule has 1 aliphatic rings. The van der Waals surface area contributed by atoms with Crippen LogP contribution in [-0.4, -0.2) is 66.6 Å². The fourth-order valence-electron chi connectivity index (χ4n) is 5.31. The molecule has 0 fully saturated rings. The molecule has 4 heterocycles. The maximum Gasteiger partial charge on any atom is 0.283 e. The van der Waals surface area contributed by atoms with E-state index in [-0.39, 0.29) is 45.9 Å². The van der Waals surface area contributed by atoms with Gasteiger partial charge in [0, 0.05) is 49.9 Å². The van der Waals surface area contributed by atoms with Crippen molar-refractivity contribution in [2.75, 3.05) is 26.0 Å². The van der Waals surface area contributed by atoms with Crippen molar-refractivity contribution in [3.8, 4) is 0 Å². The average molecular weight is 615 g/mol. The molecule has 4 aromatic rings. The number of aromatic nitrogens is 5. The number of aliphatic imine (C=N–C) groups is 1. The maximum atomic E-state index is 15.4. The van der Waals surface area contributed by atoms with Crippen LogP contribution in [0.25, 0.3) is 16.3 Å². The normalized spacial score (nSPS) is 14.4. The summed E-state index contributed by atoms with van der Waals surface area (Å²) in [5, 5.41) is 22.5. The number of benzene rings is 1. The molecule has 234 valence electrons. The van der Waals surface area contributed by atoms with Crippen LogP contribution in [0.3, 0.4) is 0 Å². The molecule has 5 rings (SSSR count). The largest absolute Gasteiger partial charge is 0.392 e. The Hall–Kier alpha value is -5.17. The summed E-state index contributed by atoms with van der Waals surface area (Å²) in [6.07, 6.45) is 4.43. The minimum absolute atomic E-state index is 0.0162. The summed E-state index contributed by atoms with van der Waals surface area (Å²) < 4.78 is 19.2. The molecule has 1 aromatic carbocycles. The van der Waals surface area contributed by atoms with Crippen LogP contribution in [0.4, 0.5) is 15.9 Å². The summed E-state index contributed by atoms with van der Waals surface area (Å²) in [7, 11) is 4.71. The lowest BCUT2D eigenvalue weighted by atomic mass is 9.86. The van der Waals surface area contributed by atoms with Crippen molar-refractivity contribution < 1.29 is 14.3 Å². The molecule has 1 amide bonds. The fraction of sp³-hybridized carbons (Fsp3) is 0.312. The number of pyridine rings is 1. The van der Waals surface area contributed by atoms with Gasteiger partial charge in [-0.25, -0.2) is 4.39 Å². The molecule has 0 atom stereocenters. The van der Waals surface area contributed by atoms with Gasteiger partial charge in [0.2, 0.25) is 5.91 Å². The number of likely N-dealkylation sites (N-methyl/N-ethyl adjacent to an activating group) is 1. The first-order valence-electron chi connectivity index (χ1n) is 14.2. The number of hydrogen-bond donors (Lipinski definition) is 2. The monoisotopic (exact) mass is 614 g/mol. The predicted molar refractivity (Wildman–Crippen MR) is 171 cm³/mol. The van der Waals surface area contributed by atoms with E-state index >= 15 is 4.39 Å². The number of amides is 1. The van der Waals surface area contributed by atoms with Gasteiger partial charge in [-0.05, 0) is 34.8 Å². The van der Waals surface area contributed by atoms with Crippen LogP contribution in [0.2, 0.25) is 0 Å².